The van der Waals surface area contributed by atoms with E-state index in [1.807, 2.05) is 30.3 Å². The number of rotatable bonds is 11. The summed E-state index contributed by atoms with van der Waals surface area (Å²) in [6.45, 7) is 0.259. The van der Waals surface area contributed by atoms with E-state index in [9.17, 15) is 19.2 Å². The molecule has 3 aromatic carbocycles. The van der Waals surface area contributed by atoms with Crippen molar-refractivity contribution in [2.24, 2.45) is 0 Å². The largest absolute Gasteiger partial charge is 0.352 e. The Morgan fingerprint density at radius 2 is 1.49 bits per heavy atom. The van der Waals surface area contributed by atoms with Gasteiger partial charge in [0.15, 0.2) is 0 Å². The average molecular weight is 621 g/mol. The molecule has 2 aliphatic rings. The van der Waals surface area contributed by atoms with Gasteiger partial charge in [-0.05, 0) is 54.7 Å². The molecule has 0 saturated heterocycles. The molecule has 1 heterocycles. The molecule has 4 amide bonds. The topological polar surface area (TPSA) is 86.8 Å². The molecule has 1 saturated carbocycles. The Kier molecular flexibility index (Phi) is 10.2. The molecule has 1 aliphatic heterocycles. The van der Waals surface area contributed by atoms with Gasteiger partial charge < -0.3 is 10.2 Å². The zero-order valence-electron chi connectivity index (χ0n) is 23.9. The molecule has 7 nitrogen and oxygen atoms in total. The van der Waals surface area contributed by atoms with Crippen molar-refractivity contribution in [3.05, 3.63) is 105 Å². The summed E-state index contributed by atoms with van der Waals surface area (Å²) in [5, 5.41) is 3.99. The lowest BCUT2D eigenvalue weighted by atomic mass is 9.94. The number of benzene rings is 3. The summed E-state index contributed by atoms with van der Waals surface area (Å²) in [6, 6.07) is 20.9. The number of nitrogens with zero attached hydrogens (tertiary/aromatic N) is 2. The summed E-state index contributed by atoms with van der Waals surface area (Å²) in [6.07, 6.45) is 5.80. The molecule has 43 heavy (non-hydrogen) atoms. The maximum Gasteiger partial charge on any atom is 0.261 e. The molecule has 1 fully saturated rings. The van der Waals surface area contributed by atoms with Crippen LogP contribution in [0.3, 0.4) is 0 Å². The number of imide groups is 1. The van der Waals surface area contributed by atoms with E-state index in [-0.39, 0.29) is 55.6 Å². The highest BCUT2D eigenvalue weighted by molar-refractivity contribution is 6.42. The van der Waals surface area contributed by atoms with Crippen LogP contribution < -0.4 is 5.32 Å². The quantitative estimate of drug-likeness (QED) is 0.250. The van der Waals surface area contributed by atoms with Gasteiger partial charge in [0.1, 0.15) is 6.04 Å². The highest BCUT2D eigenvalue weighted by Crippen LogP contribution is 2.26. The zero-order chi connectivity index (χ0) is 30.3. The van der Waals surface area contributed by atoms with E-state index in [1.165, 1.54) is 4.90 Å². The van der Waals surface area contributed by atoms with E-state index in [0.29, 0.717) is 27.6 Å². The van der Waals surface area contributed by atoms with Crippen LogP contribution in [0.1, 0.15) is 76.8 Å². The van der Waals surface area contributed by atoms with Crippen molar-refractivity contribution in [3.8, 4) is 0 Å². The number of hydrogen-bond acceptors (Lipinski definition) is 4. The Balaban J connectivity index is 1.37. The van der Waals surface area contributed by atoms with Crippen LogP contribution in [-0.4, -0.2) is 52.1 Å². The number of amides is 4. The minimum atomic E-state index is -0.773. The molecule has 1 N–H and O–H groups in total. The van der Waals surface area contributed by atoms with Crippen LogP contribution in [0.5, 0.6) is 0 Å². The lowest BCUT2D eigenvalue weighted by Gasteiger charge is -2.33. The number of nitrogens with one attached hydrogen (secondary N) is 1. The summed E-state index contributed by atoms with van der Waals surface area (Å²) in [5.74, 6) is -1.14. The van der Waals surface area contributed by atoms with Crippen LogP contribution in [0.15, 0.2) is 72.8 Å². The minimum Gasteiger partial charge on any atom is -0.352 e. The predicted molar refractivity (Wildman–Crippen MR) is 167 cm³/mol. The van der Waals surface area contributed by atoms with Crippen LogP contribution >= 0.6 is 23.2 Å². The lowest BCUT2D eigenvalue weighted by Crippen LogP contribution is -2.52. The molecule has 1 atom stereocenters. The fourth-order valence-corrected chi connectivity index (χ4v) is 6.23. The fourth-order valence-electron chi connectivity index (χ4n) is 5.91. The van der Waals surface area contributed by atoms with E-state index < -0.39 is 6.04 Å². The Hall–Kier alpha value is -3.68. The van der Waals surface area contributed by atoms with Crippen LogP contribution in [0, 0.1) is 0 Å². The molecule has 0 radical (unpaired) electrons. The van der Waals surface area contributed by atoms with Gasteiger partial charge in [0, 0.05) is 32.0 Å². The van der Waals surface area contributed by atoms with Gasteiger partial charge in [0.05, 0.1) is 21.2 Å². The summed E-state index contributed by atoms with van der Waals surface area (Å²) in [7, 11) is 0. The number of hydrogen-bond donors (Lipinski definition) is 1. The Bertz CT molecular complexity index is 1450. The van der Waals surface area contributed by atoms with Crippen molar-refractivity contribution in [3.63, 3.8) is 0 Å². The van der Waals surface area contributed by atoms with Gasteiger partial charge in [-0.15, -0.1) is 0 Å². The third-order valence-electron chi connectivity index (χ3n) is 8.21. The van der Waals surface area contributed by atoms with E-state index >= 15 is 0 Å². The van der Waals surface area contributed by atoms with Crippen molar-refractivity contribution in [1.82, 2.24) is 15.1 Å². The lowest BCUT2D eigenvalue weighted by molar-refractivity contribution is -0.141. The fraction of sp³-hybridized carbons (Fsp3) is 0.353. The SMILES string of the molecule is O=C(NC1CCCCC1)C(Cc1ccccc1)N(Cc1ccc(Cl)c(Cl)c1)C(=O)CCCN1C(=O)c2ccccc2C1=O. The predicted octanol–water partition coefficient (Wildman–Crippen LogP) is 6.46. The molecule has 1 aliphatic carbocycles. The molecule has 5 rings (SSSR count). The summed E-state index contributed by atoms with van der Waals surface area (Å²) in [5.41, 5.74) is 2.43. The third kappa shape index (κ3) is 7.46. The number of carbonyl (C=O) groups is 4. The van der Waals surface area contributed by atoms with Gasteiger partial charge in [-0.1, -0.05) is 91.0 Å². The second-order valence-corrected chi connectivity index (χ2v) is 12.0. The van der Waals surface area contributed by atoms with E-state index in [1.54, 1.807) is 47.4 Å². The van der Waals surface area contributed by atoms with Crippen molar-refractivity contribution in [1.29, 1.82) is 0 Å². The van der Waals surface area contributed by atoms with Crippen molar-refractivity contribution in [2.75, 3.05) is 6.54 Å². The Morgan fingerprint density at radius 3 is 2.14 bits per heavy atom. The monoisotopic (exact) mass is 619 g/mol. The van der Waals surface area contributed by atoms with Crippen LogP contribution in [0.4, 0.5) is 0 Å². The number of fused-ring (bicyclic) bond motifs is 1. The van der Waals surface area contributed by atoms with Gasteiger partial charge in [-0.2, -0.15) is 0 Å². The van der Waals surface area contributed by atoms with E-state index in [2.05, 4.69) is 5.32 Å². The summed E-state index contributed by atoms with van der Waals surface area (Å²) >= 11 is 12.5. The van der Waals surface area contributed by atoms with Crippen LogP contribution in [0.2, 0.25) is 10.0 Å². The van der Waals surface area contributed by atoms with Gasteiger partial charge in [-0.25, -0.2) is 0 Å². The first-order valence-electron chi connectivity index (χ1n) is 14.8. The maximum atomic E-state index is 14.0. The van der Waals surface area contributed by atoms with Crippen molar-refractivity contribution < 1.29 is 19.2 Å². The average Bonchev–Trinajstić information content (AvgIpc) is 3.26. The highest BCUT2D eigenvalue weighted by atomic mass is 35.5. The Labute approximate surface area is 262 Å². The van der Waals surface area contributed by atoms with E-state index in [0.717, 1.165) is 43.2 Å². The number of carbonyl (C=O) groups excluding carboxylic acids is 4. The highest BCUT2D eigenvalue weighted by Gasteiger charge is 2.36. The number of halogens is 2. The molecule has 3 aromatic rings. The molecule has 0 spiro atoms. The third-order valence-corrected chi connectivity index (χ3v) is 8.95. The second kappa shape index (κ2) is 14.2. The van der Waals surface area contributed by atoms with Crippen LogP contribution in [0.25, 0.3) is 0 Å². The van der Waals surface area contributed by atoms with Crippen molar-refractivity contribution in [2.45, 2.75) is 70.0 Å². The minimum absolute atomic E-state index is 0.0523. The molecule has 9 heteroatoms. The Morgan fingerprint density at radius 1 is 0.837 bits per heavy atom. The smallest absolute Gasteiger partial charge is 0.261 e. The van der Waals surface area contributed by atoms with Crippen LogP contribution in [-0.2, 0) is 22.6 Å². The molecule has 1 unspecified atom stereocenters. The summed E-state index contributed by atoms with van der Waals surface area (Å²) < 4.78 is 0. The van der Waals surface area contributed by atoms with E-state index in [4.69, 9.17) is 23.2 Å². The zero-order valence-corrected chi connectivity index (χ0v) is 25.4. The first-order chi connectivity index (χ1) is 20.8. The second-order valence-electron chi connectivity index (χ2n) is 11.2. The normalized spacial score (nSPS) is 15.7. The van der Waals surface area contributed by atoms with Gasteiger partial charge >= 0.3 is 0 Å². The standard InChI is InChI=1S/C34H35Cl2N3O4/c35-28-18-17-24(20-29(28)36)22-39(31(40)16-9-19-38-33(42)26-14-7-8-15-27(26)34(38)43)30(21-23-10-3-1-4-11-23)32(41)37-25-12-5-2-6-13-25/h1,3-4,7-8,10-11,14-15,17-18,20,25,30H,2,5-6,9,12-13,16,19,21-22H2,(H,37,41). The van der Waals surface area contributed by atoms with Gasteiger partial charge in [0.2, 0.25) is 11.8 Å². The summed E-state index contributed by atoms with van der Waals surface area (Å²) in [4.78, 5) is 56.4. The maximum absolute atomic E-state index is 14.0. The molecule has 224 valence electrons. The molecule has 0 aromatic heterocycles. The van der Waals surface area contributed by atoms with Gasteiger partial charge in [-0.3, -0.25) is 24.1 Å². The van der Waals surface area contributed by atoms with Crippen molar-refractivity contribution >= 4 is 46.8 Å². The molecular weight excluding hydrogens is 585 g/mol. The first kappa shape index (κ1) is 30.8. The molecule has 0 bridgehead atoms. The first-order valence-corrected chi connectivity index (χ1v) is 15.6. The van der Waals surface area contributed by atoms with Gasteiger partial charge in [0.25, 0.3) is 11.8 Å². The molecular formula is C34H35Cl2N3O4.